The molecule has 4 heteroatoms. The molecule has 0 saturated carbocycles. The summed E-state index contributed by atoms with van der Waals surface area (Å²) >= 11 is 0.644. The second-order valence-electron chi connectivity index (χ2n) is 0. The first-order valence-corrected chi connectivity index (χ1v) is 9.00. The second-order valence-corrected chi connectivity index (χ2v) is 0. The van der Waals surface area contributed by atoms with Crippen LogP contribution in [-0.2, 0) is 36.5 Å². The molecule has 0 aliphatic heterocycles. The van der Waals surface area contributed by atoms with Gasteiger partial charge in [0.25, 0.3) is 0 Å². The van der Waals surface area contributed by atoms with E-state index < -0.39 is 0 Å². The Labute approximate surface area is 68.0 Å². The Balaban J connectivity index is -0.00000000500. The maximum Gasteiger partial charge on any atom is 0 e. The van der Waals surface area contributed by atoms with Crippen LogP contribution in [0.25, 0.3) is 0 Å². The van der Waals surface area contributed by atoms with Crippen molar-refractivity contribution >= 4 is 32.4 Å². The van der Waals surface area contributed by atoms with E-state index in [0.29, 0.717) is 22.9 Å². The SMILES string of the molecule is [Cu].[SH][InH2].[Zn]. The fraction of sp³-hybridized carbons (Fsp3) is 0. The van der Waals surface area contributed by atoms with Crippen molar-refractivity contribution in [1.82, 2.24) is 0 Å². The molecule has 0 heterocycles. The smallest absolute Gasteiger partial charge is 0 e. The van der Waals surface area contributed by atoms with Crippen LogP contribution >= 0.6 is 9.45 Å². The number of rotatable bonds is 0. The van der Waals surface area contributed by atoms with Crippen molar-refractivity contribution in [3.05, 3.63) is 0 Å². The van der Waals surface area contributed by atoms with Crippen LogP contribution in [0.4, 0.5) is 0 Å². The summed E-state index contributed by atoms with van der Waals surface area (Å²) in [5, 5.41) is 0. The van der Waals surface area contributed by atoms with Gasteiger partial charge >= 0.3 is 32.4 Å². The zero-order valence-electron chi connectivity index (χ0n) is 2.46. The van der Waals surface area contributed by atoms with E-state index >= 15 is 0 Å². The van der Waals surface area contributed by atoms with Crippen molar-refractivity contribution in [2.24, 2.45) is 0 Å². The Morgan fingerprint density at radius 2 is 1.25 bits per heavy atom. The standard InChI is InChI=1S/Cu.In.H2S.Zn.2H/h;;1H2;;;/q;+1;;;;/p-1. The van der Waals surface area contributed by atoms with Crippen LogP contribution in [0.1, 0.15) is 0 Å². The topological polar surface area (TPSA) is 0 Å². The molecule has 0 aliphatic rings. The molecule has 1 radical (unpaired) electrons. The van der Waals surface area contributed by atoms with Crippen LogP contribution in [0.15, 0.2) is 0 Å². The number of thiol groups is 1. The third kappa shape index (κ3) is 8.84. The molecule has 0 N–H and O–H groups in total. The van der Waals surface area contributed by atoms with E-state index in [1.54, 1.807) is 0 Å². The van der Waals surface area contributed by atoms with Gasteiger partial charge in [-0.25, -0.2) is 0 Å². The van der Waals surface area contributed by atoms with Gasteiger partial charge < -0.3 is 0 Å². The number of hydrogen-bond donors (Lipinski definition) is 1. The monoisotopic (exact) mass is 277 g/mol. The van der Waals surface area contributed by atoms with Crippen LogP contribution in [0.2, 0.25) is 0 Å². The van der Waals surface area contributed by atoms with E-state index in [0.717, 1.165) is 0 Å². The van der Waals surface area contributed by atoms with Gasteiger partial charge in [0, 0.05) is 36.5 Å². The minimum Gasteiger partial charge on any atom is 0 e. The molecule has 0 aliphatic carbocycles. The summed E-state index contributed by atoms with van der Waals surface area (Å²) in [6, 6.07) is 0. The maximum atomic E-state index is 3.74. The molecule has 0 aromatic rings. The molecule has 0 unspecified atom stereocenters. The van der Waals surface area contributed by atoms with Crippen LogP contribution in [-0.4, -0.2) is 22.9 Å². The van der Waals surface area contributed by atoms with Gasteiger partial charge in [0.2, 0.25) is 0 Å². The van der Waals surface area contributed by atoms with Gasteiger partial charge in [-0.1, -0.05) is 0 Å². The molecule has 0 rings (SSSR count). The molecule has 0 aromatic carbocycles. The van der Waals surface area contributed by atoms with Gasteiger partial charge in [0.15, 0.2) is 0 Å². The molecule has 25 valence electrons. The summed E-state index contributed by atoms with van der Waals surface area (Å²) in [6.07, 6.45) is 0. The molecule has 4 heavy (non-hydrogen) atoms. The Bertz CT molecular complexity index is 8.00. The fourth-order valence-electron chi connectivity index (χ4n) is 0. The molecular weight excluding hydrogens is 276 g/mol. The van der Waals surface area contributed by atoms with Crippen molar-refractivity contribution < 1.29 is 36.5 Å². The third-order valence-electron chi connectivity index (χ3n) is 0. The maximum absolute atomic E-state index is 3.74. The van der Waals surface area contributed by atoms with Crippen LogP contribution in [0, 0.1) is 0 Å². The summed E-state index contributed by atoms with van der Waals surface area (Å²) in [5.74, 6) is 0. The summed E-state index contributed by atoms with van der Waals surface area (Å²) < 4.78 is 0. The van der Waals surface area contributed by atoms with Crippen LogP contribution in [0.5, 0.6) is 0 Å². The molecule has 0 nitrogen and oxygen atoms in total. The van der Waals surface area contributed by atoms with Gasteiger partial charge in [0.1, 0.15) is 0 Å². The number of hydrogen-bond acceptors (Lipinski definition) is 1. The molecule has 0 spiro atoms. The zero-order chi connectivity index (χ0) is 2.00. The zero-order valence-corrected chi connectivity index (χ0v) is 13.0. The van der Waals surface area contributed by atoms with Crippen molar-refractivity contribution in [2.45, 2.75) is 0 Å². The Morgan fingerprint density at radius 1 is 1.25 bits per heavy atom. The van der Waals surface area contributed by atoms with Gasteiger partial charge in [0.05, 0.1) is 0 Å². The Morgan fingerprint density at radius 3 is 1.25 bits per heavy atom. The first kappa shape index (κ1) is 16.2. The predicted octanol–water partition coefficient (Wildman–Crippen LogP) is -0.541. The summed E-state index contributed by atoms with van der Waals surface area (Å²) in [7, 11) is 3.74. The van der Waals surface area contributed by atoms with Crippen molar-refractivity contribution in [3.63, 3.8) is 0 Å². The van der Waals surface area contributed by atoms with Gasteiger partial charge in [-0.3, -0.25) is 0 Å². The first-order chi connectivity index (χ1) is 1.00. The molecule has 0 fully saturated rings. The fourth-order valence-corrected chi connectivity index (χ4v) is 0. The second kappa shape index (κ2) is 18.3. The van der Waals surface area contributed by atoms with Crippen molar-refractivity contribution in [1.29, 1.82) is 0 Å². The van der Waals surface area contributed by atoms with E-state index in [1.165, 1.54) is 0 Å². The quantitative estimate of drug-likeness (QED) is 0.447. The van der Waals surface area contributed by atoms with E-state index in [4.69, 9.17) is 0 Å². The van der Waals surface area contributed by atoms with E-state index in [1.807, 2.05) is 0 Å². The molecule has 0 saturated heterocycles. The third-order valence-corrected chi connectivity index (χ3v) is 0. The van der Waals surface area contributed by atoms with E-state index in [-0.39, 0.29) is 36.5 Å². The van der Waals surface area contributed by atoms with E-state index in [9.17, 15) is 0 Å². The van der Waals surface area contributed by atoms with Crippen molar-refractivity contribution in [3.8, 4) is 0 Å². The summed E-state index contributed by atoms with van der Waals surface area (Å²) in [5.41, 5.74) is 0. The Kier molecular flexibility index (Phi) is 74.0. The van der Waals surface area contributed by atoms with Crippen LogP contribution in [0.3, 0.4) is 0 Å². The molecular formula is H3CuInSZn. The van der Waals surface area contributed by atoms with E-state index in [2.05, 4.69) is 9.45 Å². The first-order valence-electron chi connectivity index (χ1n) is 0.447. The minimum absolute atomic E-state index is 0. The normalized spacial score (nSPS) is 1.25. The molecule has 0 atom stereocenters. The largest absolute Gasteiger partial charge is 0 e. The summed E-state index contributed by atoms with van der Waals surface area (Å²) in [4.78, 5) is 0. The average Bonchev–Trinajstić information content (AvgIpc) is 1.00. The minimum atomic E-state index is 0. The molecule has 0 bridgehead atoms. The van der Waals surface area contributed by atoms with Gasteiger partial charge in [-0.05, 0) is 0 Å². The Hall–Kier alpha value is 2.36. The predicted molar refractivity (Wildman–Crippen MR) is 17.5 cm³/mol. The van der Waals surface area contributed by atoms with Crippen LogP contribution < -0.4 is 0 Å². The summed E-state index contributed by atoms with van der Waals surface area (Å²) in [6.45, 7) is 0. The van der Waals surface area contributed by atoms with Gasteiger partial charge in [-0.2, -0.15) is 0 Å². The molecule has 0 amide bonds. The van der Waals surface area contributed by atoms with Crippen molar-refractivity contribution in [2.75, 3.05) is 0 Å². The average molecular weight is 279 g/mol. The molecule has 0 aromatic heterocycles. The van der Waals surface area contributed by atoms with Gasteiger partial charge in [-0.15, -0.1) is 0 Å².